The first kappa shape index (κ1) is 21.2. The van der Waals surface area contributed by atoms with E-state index in [4.69, 9.17) is 5.11 Å². The number of unbranched alkanes of at least 4 members (excludes halogenated alkanes) is 8. The first-order valence-electron chi connectivity index (χ1n) is 9.25. The highest BCUT2D eigenvalue weighted by Crippen LogP contribution is 2.09. The molecular weight excluding hydrogens is 274 g/mol. The van der Waals surface area contributed by atoms with E-state index in [1.807, 2.05) is 0 Å². The van der Waals surface area contributed by atoms with E-state index in [9.17, 15) is 4.79 Å². The molecule has 0 aromatic heterocycles. The third-order valence-corrected chi connectivity index (χ3v) is 4.19. The summed E-state index contributed by atoms with van der Waals surface area (Å²) in [7, 11) is 0. The number of aliphatic carboxylic acids is 1. The van der Waals surface area contributed by atoms with Gasteiger partial charge in [0.2, 0.25) is 0 Å². The second kappa shape index (κ2) is 15.1. The number of carboxylic acid groups (broad SMARTS) is 1. The van der Waals surface area contributed by atoms with E-state index >= 15 is 0 Å². The molecule has 0 saturated carbocycles. The molecule has 22 heavy (non-hydrogen) atoms. The fourth-order valence-electron chi connectivity index (χ4n) is 2.61. The van der Waals surface area contributed by atoms with E-state index in [1.54, 1.807) is 0 Å². The fraction of sp³-hybridized carbons (Fsp3) is 0.842. The summed E-state index contributed by atoms with van der Waals surface area (Å²) in [5.41, 5.74) is 0.335. The van der Waals surface area contributed by atoms with Crippen LogP contribution in [0.15, 0.2) is 12.2 Å². The predicted molar refractivity (Wildman–Crippen MR) is 95.4 cm³/mol. The van der Waals surface area contributed by atoms with Crippen molar-refractivity contribution in [2.45, 2.75) is 84.5 Å². The van der Waals surface area contributed by atoms with Crippen molar-refractivity contribution < 1.29 is 9.90 Å². The van der Waals surface area contributed by atoms with Crippen LogP contribution in [0.1, 0.15) is 84.5 Å². The second-order valence-corrected chi connectivity index (χ2v) is 6.33. The predicted octanol–water partition coefficient (Wildman–Crippen LogP) is 5.26. The van der Waals surface area contributed by atoms with Crippen LogP contribution in [0.25, 0.3) is 0 Å². The van der Waals surface area contributed by atoms with Crippen molar-refractivity contribution in [3.63, 3.8) is 0 Å². The fourth-order valence-corrected chi connectivity index (χ4v) is 2.61. The molecule has 0 radical (unpaired) electrons. The summed E-state index contributed by atoms with van der Waals surface area (Å²) in [6, 6.07) is 0. The quantitative estimate of drug-likeness (QED) is 0.312. The lowest BCUT2D eigenvalue weighted by Crippen LogP contribution is -2.28. The maximum Gasteiger partial charge on any atom is 0.331 e. The molecule has 130 valence electrons. The molecule has 3 nitrogen and oxygen atoms in total. The van der Waals surface area contributed by atoms with Gasteiger partial charge in [0.05, 0.1) is 0 Å². The third kappa shape index (κ3) is 12.9. The van der Waals surface area contributed by atoms with Gasteiger partial charge in [-0.3, -0.25) is 0 Å². The van der Waals surface area contributed by atoms with Crippen LogP contribution in [0.3, 0.4) is 0 Å². The molecule has 0 unspecified atom stereocenters. The van der Waals surface area contributed by atoms with Gasteiger partial charge in [-0.05, 0) is 32.4 Å². The molecule has 0 spiro atoms. The Hall–Kier alpha value is -0.830. The van der Waals surface area contributed by atoms with E-state index in [1.165, 1.54) is 64.2 Å². The van der Waals surface area contributed by atoms with Crippen LogP contribution in [0.2, 0.25) is 0 Å². The van der Waals surface area contributed by atoms with Gasteiger partial charge in [0.25, 0.3) is 0 Å². The van der Waals surface area contributed by atoms with E-state index < -0.39 is 5.97 Å². The molecule has 0 aromatic rings. The van der Waals surface area contributed by atoms with E-state index in [-0.39, 0.29) is 0 Å². The van der Waals surface area contributed by atoms with Gasteiger partial charge in [-0.2, -0.15) is 0 Å². The van der Waals surface area contributed by atoms with Crippen molar-refractivity contribution >= 4 is 5.97 Å². The zero-order valence-corrected chi connectivity index (χ0v) is 14.9. The molecular formula is C19H37NO2. The van der Waals surface area contributed by atoms with Crippen LogP contribution < -0.4 is 0 Å². The highest BCUT2D eigenvalue weighted by molar-refractivity contribution is 5.85. The molecule has 0 fully saturated rings. The topological polar surface area (TPSA) is 40.5 Å². The van der Waals surface area contributed by atoms with Crippen LogP contribution in [0, 0.1) is 0 Å². The standard InChI is InChI=1S/C19H37NO2/c1-4-6-8-10-12-15-20(16-13-11-9-7-5-2)17-14-18(3)19(21)22/h3-17H2,1-2H3,(H,21,22). The van der Waals surface area contributed by atoms with Crippen molar-refractivity contribution in [3.8, 4) is 0 Å². The minimum absolute atomic E-state index is 0.335. The maximum absolute atomic E-state index is 10.9. The lowest BCUT2D eigenvalue weighted by Gasteiger charge is -2.22. The van der Waals surface area contributed by atoms with Crippen LogP contribution in [0.5, 0.6) is 0 Å². The van der Waals surface area contributed by atoms with Crippen molar-refractivity contribution in [1.29, 1.82) is 0 Å². The van der Waals surface area contributed by atoms with Crippen LogP contribution >= 0.6 is 0 Å². The molecule has 0 aliphatic rings. The summed E-state index contributed by atoms with van der Waals surface area (Å²) in [4.78, 5) is 13.3. The van der Waals surface area contributed by atoms with E-state index in [0.29, 0.717) is 12.0 Å². The van der Waals surface area contributed by atoms with E-state index in [2.05, 4.69) is 25.3 Å². The molecule has 0 heterocycles. The molecule has 0 aliphatic carbocycles. The minimum Gasteiger partial charge on any atom is -0.478 e. The monoisotopic (exact) mass is 311 g/mol. The number of hydrogen-bond donors (Lipinski definition) is 1. The number of nitrogens with zero attached hydrogens (tertiary/aromatic N) is 1. The number of carbonyl (C=O) groups is 1. The second-order valence-electron chi connectivity index (χ2n) is 6.33. The Labute approximate surface area is 137 Å². The number of carboxylic acids is 1. The van der Waals surface area contributed by atoms with Crippen molar-refractivity contribution in [2.75, 3.05) is 19.6 Å². The van der Waals surface area contributed by atoms with Gasteiger partial charge in [0, 0.05) is 12.1 Å². The van der Waals surface area contributed by atoms with Gasteiger partial charge >= 0.3 is 5.97 Å². The first-order chi connectivity index (χ1) is 10.6. The van der Waals surface area contributed by atoms with Crippen LogP contribution in [-0.2, 0) is 4.79 Å². The average molecular weight is 312 g/mol. The number of rotatable bonds is 16. The van der Waals surface area contributed by atoms with Gasteiger partial charge in [-0.15, -0.1) is 0 Å². The minimum atomic E-state index is -0.856. The highest BCUT2D eigenvalue weighted by Gasteiger charge is 2.09. The van der Waals surface area contributed by atoms with Crippen molar-refractivity contribution in [2.24, 2.45) is 0 Å². The normalized spacial score (nSPS) is 11.0. The summed E-state index contributed by atoms with van der Waals surface area (Å²) in [5, 5.41) is 8.92. The smallest absolute Gasteiger partial charge is 0.331 e. The maximum atomic E-state index is 10.9. The zero-order chi connectivity index (χ0) is 16.6. The Balaban J connectivity index is 3.96. The Morgan fingerprint density at radius 1 is 0.818 bits per heavy atom. The Morgan fingerprint density at radius 2 is 1.27 bits per heavy atom. The number of hydrogen-bond acceptors (Lipinski definition) is 2. The molecule has 0 aromatic carbocycles. The molecule has 0 atom stereocenters. The molecule has 1 N–H and O–H groups in total. The largest absolute Gasteiger partial charge is 0.478 e. The van der Waals surface area contributed by atoms with Gasteiger partial charge in [-0.1, -0.05) is 71.8 Å². The summed E-state index contributed by atoms with van der Waals surface area (Å²) in [6.45, 7) is 11.2. The van der Waals surface area contributed by atoms with Gasteiger partial charge in [0.15, 0.2) is 0 Å². The third-order valence-electron chi connectivity index (χ3n) is 4.19. The van der Waals surface area contributed by atoms with Crippen molar-refractivity contribution in [1.82, 2.24) is 4.90 Å². The van der Waals surface area contributed by atoms with E-state index in [0.717, 1.165) is 19.6 Å². The Kier molecular flexibility index (Phi) is 14.5. The summed E-state index contributed by atoms with van der Waals surface area (Å²) >= 11 is 0. The van der Waals surface area contributed by atoms with Crippen LogP contribution in [-0.4, -0.2) is 35.6 Å². The highest BCUT2D eigenvalue weighted by atomic mass is 16.4. The summed E-state index contributed by atoms with van der Waals surface area (Å²) < 4.78 is 0. The van der Waals surface area contributed by atoms with Gasteiger partial charge in [-0.25, -0.2) is 4.79 Å². The summed E-state index contributed by atoms with van der Waals surface area (Å²) in [5.74, 6) is -0.856. The zero-order valence-electron chi connectivity index (χ0n) is 14.9. The first-order valence-corrected chi connectivity index (χ1v) is 9.25. The van der Waals surface area contributed by atoms with Gasteiger partial charge < -0.3 is 10.0 Å². The van der Waals surface area contributed by atoms with Crippen molar-refractivity contribution in [3.05, 3.63) is 12.2 Å². The molecule has 0 rings (SSSR count). The lowest BCUT2D eigenvalue weighted by atomic mass is 10.1. The Bertz CT molecular complexity index is 275. The van der Waals surface area contributed by atoms with Crippen LogP contribution in [0.4, 0.5) is 0 Å². The van der Waals surface area contributed by atoms with Gasteiger partial charge in [0.1, 0.15) is 0 Å². The molecule has 3 heteroatoms. The molecule has 0 aliphatic heterocycles. The average Bonchev–Trinajstić information content (AvgIpc) is 2.50. The summed E-state index contributed by atoms with van der Waals surface area (Å²) in [6.07, 6.45) is 13.5. The molecule has 0 saturated heterocycles. The lowest BCUT2D eigenvalue weighted by molar-refractivity contribution is -0.132. The SMILES string of the molecule is C=C(CCN(CCCCCCC)CCCCCCC)C(=O)O. The molecule has 0 bridgehead atoms. The Morgan fingerprint density at radius 3 is 1.68 bits per heavy atom. The molecule has 0 amide bonds.